The zero-order valence-electron chi connectivity index (χ0n) is 17.1. The molecule has 1 amide bonds. The molecule has 29 heavy (non-hydrogen) atoms. The van der Waals surface area contributed by atoms with Crippen molar-refractivity contribution in [3.63, 3.8) is 0 Å². The number of carbonyl (C=O) groups is 1. The van der Waals surface area contributed by atoms with Crippen LogP contribution in [0.2, 0.25) is 0 Å². The number of fused-ring (bicyclic) bond motifs is 1. The molecule has 0 unspecified atom stereocenters. The molecule has 0 saturated heterocycles. The summed E-state index contributed by atoms with van der Waals surface area (Å²) in [5, 5.41) is 17.4. The Morgan fingerprint density at radius 2 is 1.86 bits per heavy atom. The number of anilines is 1. The van der Waals surface area contributed by atoms with E-state index in [0.29, 0.717) is 12.5 Å². The molecule has 0 radical (unpaired) electrons. The van der Waals surface area contributed by atoms with Gasteiger partial charge in [-0.25, -0.2) is 0 Å². The second kappa shape index (κ2) is 8.34. The number of aliphatic hydroxyl groups is 1. The minimum atomic E-state index is -0.478. The maximum Gasteiger partial charge on any atom is 0.228 e. The highest BCUT2D eigenvalue weighted by Crippen LogP contribution is 2.46. The molecular formula is C23H29ClN2O3. The smallest absolute Gasteiger partial charge is 0.228 e. The number of ether oxygens (including phenoxy) is 1. The Morgan fingerprint density at radius 3 is 2.48 bits per heavy atom. The van der Waals surface area contributed by atoms with Gasteiger partial charge in [0.2, 0.25) is 5.91 Å². The fourth-order valence-electron chi connectivity index (χ4n) is 4.05. The van der Waals surface area contributed by atoms with Crippen LogP contribution in [0.3, 0.4) is 0 Å². The standard InChI is InChI=1S/C23H28N2O3.ClH/c1-23(2)19-11-8-16(13-18(19)21(22(23)27)25-15-6-7-15)24-20(26)12-14-4-9-17(28-3)10-5-14;/h4-5,8-11,13,15,21-22,25,27H,6-7,12H2,1-3H3,(H,24,26);1H/t21-,22+;/m0./s1. The topological polar surface area (TPSA) is 70.6 Å². The van der Waals surface area contributed by atoms with E-state index >= 15 is 0 Å². The summed E-state index contributed by atoms with van der Waals surface area (Å²) in [6.07, 6.45) is 2.15. The summed E-state index contributed by atoms with van der Waals surface area (Å²) in [7, 11) is 1.62. The molecule has 1 saturated carbocycles. The van der Waals surface area contributed by atoms with E-state index in [2.05, 4.69) is 24.5 Å². The Labute approximate surface area is 178 Å². The van der Waals surface area contributed by atoms with Gasteiger partial charge in [-0.1, -0.05) is 32.0 Å². The number of aliphatic hydroxyl groups excluding tert-OH is 1. The lowest BCUT2D eigenvalue weighted by Gasteiger charge is -2.27. The first-order valence-electron chi connectivity index (χ1n) is 9.90. The van der Waals surface area contributed by atoms with Crippen LogP contribution in [0.4, 0.5) is 5.69 Å². The SMILES string of the molecule is COc1ccc(CC(=O)Nc2ccc3c(c2)[C@H](NC2CC2)[C@@H](O)C3(C)C)cc1.Cl. The van der Waals surface area contributed by atoms with Crippen molar-refractivity contribution in [1.29, 1.82) is 0 Å². The number of hydrogen-bond donors (Lipinski definition) is 3. The first-order chi connectivity index (χ1) is 13.4. The highest BCUT2D eigenvalue weighted by Gasteiger charge is 2.46. The summed E-state index contributed by atoms with van der Waals surface area (Å²) >= 11 is 0. The van der Waals surface area contributed by atoms with E-state index in [4.69, 9.17) is 4.74 Å². The normalized spacial score (nSPS) is 21.8. The molecule has 2 atom stereocenters. The molecule has 6 heteroatoms. The summed E-state index contributed by atoms with van der Waals surface area (Å²) in [4.78, 5) is 12.5. The van der Waals surface area contributed by atoms with Crippen molar-refractivity contribution in [3.05, 3.63) is 59.2 Å². The number of nitrogens with one attached hydrogen (secondary N) is 2. The average molecular weight is 417 g/mol. The van der Waals surface area contributed by atoms with E-state index in [9.17, 15) is 9.90 Å². The highest BCUT2D eigenvalue weighted by atomic mass is 35.5. The van der Waals surface area contributed by atoms with Gasteiger partial charge in [-0.3, -0.25) is 4.79 Å². The summed E-state index contributed by atoms with van der Waals surface area (Å²) in [5.74, 6) is 0.716. The summed E-state index contributed by atoms with van der Waals surface area (Å²) in [6.45, 7) is 4.15. The van der Waals surface area contributed by atoms with E-state index in [1.54, 1.807) is 7.11 Å². The predicted molar refractivity (Wildman–Crippen MR) is 117 cm³/mol. The van der Waals surface area contributed by atoms with Gasteiger partial charge in [0.15, 0.2) is 0 Å². The molecule has 4 rings (SSSR count). The Balaban J connectivity index is 0.00000240. The lowest BCUT2D eigenvalue weighted by atomic mass is 9.84. The van der Waals surface area contributed by atoms with Gasteiger partial charge in [0.05, 0.1) is 25.7 Å². The number of halogens is 1. The van der Waals surface area contributed by atoms with Gasteiger partial charge in [-0.15, -0.1) is 12.4 Å². The lowest BCUT2D eigenvalue weighted by molar-refractivity contribution is -0.115. The van der Waals surface area contributed by atoms with Crippen molar-refractivity contribution in [3.8, 4) is 5.75 Å². The van der Waals surface area contributed by atoms with Crippen LogP contribution < -0.4 is 15.4 Å². The third-order valence-corrected chi connectivity index (χ3v) is 5.94. The van der Waals surface area contributed by atoms with Crippen molar-refractivity contribution in [2.24, 2.45) is 0 Å². The monoisotopic (exact) mass is 416 g/mol. The molecule has 3 N–H and O–H groups in total. The van der Waals surface area contributed by atoms with Gasteiger partial charge in [0, 0.05) is 17.1 Å². The summed E-state index contributed by atoms with van der Waals surface area (Å²) in [5.41, 5.74) is 3.63. The predicted octanol–water partition coefficient (Wildman–Crippen LogP) is 3.74. The van der Waals surface area contributed by atoms with E-state index in [0.717, 1.165) is 41.0 Å². The fourth-order valence-corrected chi connectivity index (χ4v) is 4.05. The first kappa shape index (κ1) is 21.6. The molecule has 0 spiro atoms. The van der Waals surface area contributed by atoms with Gasteiger partial charge in [-0.05, 0) is 53.8 Å². The van der Waals surface area contributed by atoms with Crippen molar-refractivity contribution in [2.45, 2.75) is 56.7 Å². The van der Waals surface area contributed by atoms with E-state index in [1.165, 1.54) is 0 Å². The van der Waals surface area contributed by atoms with E-state index in [-0.39, 0.29) is 29.8 Å². The third-order valence-electron chi connectivity index (χ3n) is 5.94. The van der Waals surface area contributed by atoms with Crippen LogP contribution in [0.5, 0.6) is 5.75 Å². The molecule has 5 nitrogen and oxygen atoms in total. The third kappa shape index (κ3) is 4.42. The quantitative estimate of drug-likeness (QED) is 0.670. The fraction of sp³-hybridized carbons (Fsp3) is 0.435. The molecule has 0 bridgehead atoms. The molecule has 2 aliphatic carbocycles. The van der Waals surface area contributed by atoms with E-state index < -0.39 is 6.10 Å². The summed E-state index contributed by atoms with van der Waals surface area (Å²) in [6, 6.07) is 13.9. The highest BCUT2D eigenvalue weighted by molar-refractivity contribution is 5.92. The minimum Gasteiger partial charge on any atom is -0.497 e. The van der Waals surface area contributed by atoms with Crippen LogP contribution in [0.15, 0.2) is 42.5 Å². The molecule has 0 heterocycles. The van der Waals surface area contributed by atoms with Gasteiger partial charge >= 0.3 is 0 Å². The molecule has 2 aromatic rings. The van der Waals surface area contributed by atoms with Gasteiger partial charge in [0.25, 0.3) is 0 Å². The number of carbonyl (C=O) groups excluding carboxylic acids is 1. The number of hydrogen-bond acceptors (Lipinski definition) is 4. The molecule has 0 aliphatic heterocycles. The average Bonchev–Trinajstić information content (AvgIpc) is 3.47. The van der Waals surface area contributed by atoms with Crippen LogP contribution in [-0.2, 0) is 16.6 Å². The Kier molecular flexibility index (Phi) is 6.22. The maximum absolute atomic E-state index is 12.5. The van der Waals surface area contributed by atoms with Gasteiger partial charge in [0.1, 0.15) is 5.75 Å². The molecule has 0 aromatic heterocycles. The van der Waals surface area contributed by atoms with Crippen LogP contribution in [0.25, 0.3) is 0 Å². The Hall–Kier alpha value is -2.08. The second-order valence-corrected chi connectivity index (χ2v) is 8.46. The van der Waals surface area contributed by atoms with Crippen LogP contribution in [-0.4, -0.2) is 30.3 Å². The zero-order chi connectivity index (χ0) is 19.9. The second-order valence-electron chi connectivity index (χ2n) is 8.46. The van der Waals surface area contributed by atoms with E-state index in [1.807, 2.05) is 42.5 Å². The lowest BCUT2D eigenvalue weighted by Crippen LogP contribution is -2.38. The van der Waals surface area contributed by atoms with Crippen molar-refractivity contribution in [1.82, 2.24) is 5.32 Å². The van der Waals surface area contributed by atoms with Crippen molar-refractivity contribution in [2.75, 3.05) is 12.4 Å². The molecule has 2 aromatic carbocycles. The maximum atomic E-state index is 12.5. The number of amides is 1. The zero-order valence-corrected chi connectivity index (χ0v) is 17.9. The van der Waals surface area contributed by atoms with Crippen LogP contribution in [0, 0.1) is 0 Å². The van der Waals surface area contributed by atoms with Crippen molar-refractivity contribution >= 4 is 24.0 Å². The molecule has 156 valence electrons. The first-order valence-corrected chi connectivity index (χ1v) is 9.90. The molecular weight excluding hydrogens is 388 g/mol. The molecule has 2 aliphatic rings. The van der Waals surface area contributed by atoms with Gasteiger partial charge < -0.3 is 20.5 Å². The van der Waals surface area contributed by atoms with Gasteiger partial charge in [-0.2, -0.15) is 0 Å². The largest absolute Gasteiger partial charge is 0.497 e. The number of rotatable bonds is 6. The number of methoxy groups -OCH3 is 1. The Bertz CT molecular complexity index is 878. The Morgan fingerprint density at radius 1 is 1.17 bits per heavy atom. The number of benzene rings is 2. The van der Waals surface area contributed by atoms with Crippen LogP contribution in [0.1, 0.15) is 49.4 Å². The van der Waals surface area contributed by atoms with Crippen molar-refractivity contribution < 1.29 is 14.6 Å². The summed E-state index contributed by atoms with van der Waals surface area (Å²) < 4.78 is 5.15. The van der Waals surface area contributed by atoms with Crippen LogP contribution >= 0.6 is 12.4 Å². The minimum absolute atomic E-state index is 0. The molecule has 1 fully saturated rings.